The van der Waals surface area contributed by atoms with E-state index in [-0.39, 0.29) is 5.91 Å². The third kappa shape index (κ3) is 6.68. The first-order valence-corrected chi connectivity index (χ1v) is 11.6. The molecule has 4 N–H and O–H groups in total. The van der Waals surface area contributed by atoms with Crippen LogP contribution in [0.4, 0.5) is 0 Å². The Labute approximate surface area is 182 Å². The van der Waals surface area contributed by atoms with Crippen LogP contribution in [0.3, 0.4) is 0 Å². The molecule has 0 aromatic heterocycles. The van der Waals surface area contributed by atoms with Crippen LogP contribution in [-0.2, 0) is 17.8 Å². The molecular formula is C26H39N3O+2. The summed E-state index contributed by atoms with van der Waals surface area (Å²) in [6.45, 7) is 10.5. The van der Waals surface area contributed by atoms with E-state index >= 15 is 0 Å². The second kappa shape index (κ2) is 11.3. The predicted octanol–water partition coefficient (Wildman–Crippen LogP) is 1.87. The smallest absolute Gasteiger partial charge is 0.275 e. The van der Waals surface area contributed by atoms with E-state index in [9.17, 15) is 4.79 Å². The van der Waals surface area contributed by atoms with Crippen molar-refractivity contribution < 1.29 is 15.0 Å². The highest BCUT2D eigenvalue weighted by molar-refractivity contribution is 5.77. The van der Waals surface area contributed by atoms with E-state index in [0.717, 1.165) is 38.9 Å². The van der Waals surface area contributed by atoms with Gasteiger partial charge in [-0.25, -0.2) is 0 Å². The number of rotatable bonds is 9. The Hall–Kier alpha value is -2.17. The Morgan fingerprint density at radius 1 is 1.03 bits per heavy atom. The Morgan fingerprint density at radius 3 is 2.30 bits per heavy atom. The first kappa shape index (κ1) is 22.5. The fourth-order valence-electron chi connectivity index (χ4n) is 4.52. The minimum Gasteiger partial charge on any atom is -0.348 e. The molecule has 1 saturated heterocycles. The van der Waals surface area contributed by atoms with Crippen LogP contribution in [0.25, 0.3) is 0 Å². The lowest BCUT2D eigenvalue weighted by atomic mass is 9.95. The molecule has 0 aliphatic carbocycles. The minimum atomic E-state index is 0.169. The summed E-state index contributed by atoms with van der Waals surface area (Å²) in [6, 6.07) is 20.2. The van der Waals surface area contributed by atoms with Gasteiger partial charge in [0.25, 0.3) is 5.91 Å². The van der Waals surface area contributed by atoms with Crippen LogP contribution in [0.1, 0.15) is 56.3 Å². The van der Waals surface area contributed by atoms with Crippen molar-refractivity contribution >= 4 is 5.91 Å². The van der Waals surface area contributed by atoms with Gasteiger partial charge in [0, 0.05) is 35.9 Å². The molecule has 30 heavy (non-hydrogen) atoms. The van der Waals surface area contributed by atoms with Crippen molar-refractivity contribution in [3.8, 4) is 0 Å². The lowest BCUT2D eigenvalue weighted by Crippen LogP contribution is -3.12. The number of amides is 1. The van der Waals surface area contributed by atoms with Crippen molar-refractivity contribution in [2.45, 2.75) is 58.7 Å². The van der Waals surface area contributed by atoms with Crippen LogP contribution in [0, 0.1) is 5.92 Å². The van der Waals surface area contributed by atoms with Crippen LogP contribution in [0.2, 0.25) is 0 Å². The quantitative estimate of drug-likeness (QED) is 0.582. The fraction of sp³-hybridized carbons (Fsp3) is 0.500. The molecule has 1 aliphatic heterocycles. The van der Waals surface area contributed by atoms with Crippen molar-refractivity contribution in [3.63, 3.8) is 0 Å². The standard InChI is InChI=1S/C26H37N3O/c1-4-21-10-12-23(13-11-21)26(20(2)3)27-18-25(30)28-24-14-16-29(17-15-24)19-22-8-6-5-7-9-22/h5-13,20,24,26-27H,4,14-19H2,1-3H3,(H,28,30)/p+2/t26-/m1/s1. The molecule has 1 amide bonds. The number of quaternary nitrogens is 2. The molecule has 2 aromatic rings. The van der Waals surface area contributed by atoms with Gasteiger partial charge >= 0.3 is 0 Å². The largest absolute Gasteiger partial charge is 0.348 e. The molecule has 2 aromatic carbocycles. The maximum atomic E-state index is 12.6. The molecule has 0 unspecified atom stereocenters. The Morgan fingerprint density at radius 2 is 1.70 bits per heavy atom. The van der Waals surface area contributed by atoms with Gasteiger partial charge in [0.05, 0.1) is 13.1 Å². The van der Waals surface area contributed by atoms with Crippen molar-refractivity contribution in [2.24, 2.45) is 5.92 Å². The van der Waals surface area contributed by atoms with Crippen molar-refractivity contribution in [3.05, 3.63) is 71.3 Å². The first-order chi connectivity index (χ1) is 14.5. The zero-order valence-electron chi connectivity index (χ0n) is 18.9. The topological polar surface area (TPSA) is 50.1 Å². The summed E-state index contributed by atoms with van der Waals surface area (Å²) in [4.78, 5) is 14.2. The summed E-state index contributed by atoms with van der Waals surface area (Å²) in [5, 5.41) is 5.49. The van der Waals surface area contributed by atoms with Crippen LogP contribution in [-0.4, -0.2) is 31.6 Å². The number of carbonyl (C=O) groups excluding carboxylic acids is 1. The van der Waals surface area contributed by atoms with Gasteiger partial charge in [-0.1, -0.05) is 75.4 Å². The van der Waals surface area contributed by atoms with Gasteiger partial charge in [0.15, 0.2) is 6.54 Å². The second-order valence-corrected chi connectivity index (χ2v) is 9.06. The second-order valence-electron chi connectivity index (χ2n) is 9.06. The van der Waals surface area contributed by atoms with E-state index in [4.69, 9.17) is 0 Å². The van der Waals surface area contributed by atoms with Gasteiger partial charge < -0.3 is 15.5 Å². The van der Waals surface area contributed by atoms with E-state index in [2.05, 4.69) is 86.0 Å². The van der Waals surface area contributed by atoms with Gasteiger partial charge in [0.2, 0.25) is 0 Å². The summed E-state index contributed by atoms with van der Waals surface area (Å²) in [5.74, 6) is 0.650. The average Bonchev–Trinajstić information content (AvgIpc) is 2.76. The SMILES string of the molecule is CCc1ccc([C@H]([NH2+]CC(=O)NC2CC[NH+](Cc3ccccc3)CC2)C(C)C)cc1. The number of likely N-dealkylation sites (tertiary alicyclic amines) is 1. The number of hydrogen-bond acceptors (Lipinski definition) is 1. The van der Waals surface area contributed by atoms with Gasteiger partial charge in [-0.3, -0.25) is 4.79 Å². The molecule has 0 saturated carbocycles. The van der Waals surface area contributed by atoms with Crippen LogP contribution >= 0.6 is 0 Å². The van der Waals surface area contributed by atoms with E-state index < -0.39 is 0 Å². The van der Waals surface area contributed by atoms with Crippen LogP contribution in [0.5, 0.6) is 0 Å². The number of carbonyl (C=O) groups is 1. The first-order valence-electron chi connectivity index (χ1n) is 11.6. The third-order valence-electron chi connectivity index (χ3n) is 6.40. The summed E-state index contributed by atoms with van der Waals surface area (Å²) in [6.07, 6.45) is 3.20. The number of nitrogens with two attached hydrogens (primary N) is 1. The lowest BCUT2D eigenvalue weighted by Gasteiger charge is -2.30. The Bertz CT molecular complexity index is 765. The molecular weight excluding hydrogens is 370 g/mol. The van der Waals surface area contributed by atoms with E-state index in [1.165, 1.54) is 16.7 Å². The van der Waals surface area contributed by atoms with E-state index in [0.29, 0.717) is 24.5 Å². The summed E-state index contributed by atoms with van der Waals surface area (Å²) >= 11 is 0. The Kier molecular flexibility index (Phi) is 8.47. The maximum Gasteiger partial charge on any atom is 0.275 e. The third-order valence-corrected chi connectivity index (χ3v) is 6.40. The number of piperidine rings is 1. The van der Waals surface area contributed by atoms with Crippen molar-refractivity contribution in [1.82, 2.24) is 5.32 Å². The highest BCUT2D eigenvalue weighted by atomic mass is 16.2. The Balaban J connectivity index is 1.42. The van der Waals surface area contributed by atoms with Gasteiger partial charge in [-0.2, -0.15) is 0 Å². The number of nitrogens with one attached hydrogen (secondary N) is 2. The van der Waals surface area contributed by atoms with Gasteiger partial charge in [-0.05, 0) is 12.0 Å². The summed E-state index contributed by atoms with van der Waals surface area (Å²) in [5.41, 5.74) is 4.07. The molecule has 0 radical (unpaired) electrons. The van der Waals surface area contributed by atoms with Gasteiger partial charge in [0.1, 0.15) is 12.6 Å². The lowest BCUT2D eigenvalue weighted by molar-refractivity contribution is -0.918. The highest BCUT2D eigenvalue weighted by Crippen LogP contribution is 2.18. The highest BCUT2D eigenvalue weighted by Gasteiger charge is 2.25. The molecule has 1 heterocycles. The number of aryl methyl sites for hydroxylation is 1. The monoisotopic (exact) mass is 409 g/mol. The molecule has 0 spiro atoms. The normalized spacial score (nSPS) is 20.1. The zero-order valence-corrected chi connectivity index (χ0v) is 18.9. The average molecular weight is 410 g/mol. The predicted molar refractivity (Wildman–Crippen MR) is 122 cm³/mol. The molecule has 3 rings (SSSR count). The minimum absolute atomic E-state index is 0.169. The number of benzene rings is 2. The van der Waals surface area contributed by atoms with Crippen molar-refractivity contribution in [2.75, 3.05) is 19.6 Å². The van der Waals surface area contributed by atoms with E-state index in [1.807, 2.05) is 0 Å². The van der Waals surface area contributed by atoms with Gasteiger partial charge in [-0.15, -0.1) is 0 Å². The zero-order chi connectivity index (χ0) is 21.3. The van der Waals surface area contributed by atoms with Crippen LogP contribution in [0.15, 0.2) is 54.6 Å². The molecule has 0 bridgehead atoms. The van der Waals surface area contributed by atoms with Crippen molar-refractivity contribution in [1.29, 1.82) is 0 Å². The maximum absolute atomic E-state index is 12.6. The molecule has 1 aliphatic rings. The summed E-state index contributed by atoms with van der Waals surface area (Å²) in [7, 11) is 0. The molecule has 1 atom stereocenters. The molecule has 1 fully saturated rings. The molecule has 4 heteroatoms. The molecule has 162 valence electrons. The van der Waals surface area contributed by atoms with Crippen LogP contribution < -0.4 is 15.5 Å². The molecule has 4 nitrogen and oxygen atoms in total. The van der Waals surface area contributed by atoms with E-state index in [1.54, 1.807) is 4.90 Å². The number of hydrogen-bond donors (Lipinski definition) is 3. The summed E-state index contributed by atoms with van der Waals surface area (Å²) < 4.78 is 0. The fourth-order valence-corrected chi connectivity index (χ4v) is 4.52.